The Hall–Kier alpha value is -1.27. The van der Waals surface area contributed by atoms with Gasteiger partial charge in [0.1, 0.15) is 0 Å². The van der Waals surface area contributed by atoms with Crippen LogP contribution in [0.2, 0.25) is 0 Å². The van der Waals surface area contributed by atoms with Crippen LogP contribution in [0.1, 0.15) is 6.92 Å². The van der Waals surface area contributed by atoms with Crippen molar-refractivity contribution in [1.82, 2.24) is 9.97 Å². The molecule has 0 bridgehead atoms. The fourth-order valence-electron chi connectivity index (χ4n) is 1.92. The van der Waals surface area contributed by atoms with Gasteiger partial charge in [0, 0.05) is 6.54 Å². The molecule has 1 aliphatic heterocycles. The van der Waals surface area contributed by atoms with Crippen molar-refractivity contribution in [3.63, 3.8) is 0 Å². The third-order valence-electron chi connectivity index (χ3n) is 3.02. The minimum absolute atomic E-state index is 0.0151. The standard InChI is InChI=1S/C12H18ClN3O3/c1-8-7-19-9(5-13)6-16(8)12-14-10(17-2)4-11(15-12)18-3/h4,8-9H,5-7H2,1-3H3. The Morgan fingerprint density at radius 2 is 2.00 bits per heavy atom. The normalized spacial score (nSPS) is 23.3. The van der Waals surface area contributed by atoms with E-state index in [1.54, 1.807) is 20.3 Å². The van der Waals surface area contributed by atoms with Crippen molar-refractivity contribution in [1.29, 1.82) is 0 Å². The SMILES string of the molecule is COc1cc(OC)nc(N2CC(CCl)OCC2C)n1. The molecule has 2 heterocycles. The summed E-state index contributed by atoms with van der Waals surface area (Å²) < 4.78 is 15.9. The zero-order valence-electron chi connectivity index (χ0n) is 11.3. The molecule has 0 amide bonds. The Morgan fingerprint density at radius 3 is 2.53 bits per heavy atom. The van der Waals surface area contributed by atoms with Gasteiger partial charge in [-0.25, -0.2) is 0 Å². The first-order valence-corrected chi connectivity index (χ1v) is 6.62. The van der Waals surface area contributed by atoms with Crippen molar-refractivity contribution < 1.29 is 14.2 Å². The van der Waals surface area contributed by atoms with Gasteiger partial charge in [-0.15, -0.1) is 11.6 Å². The smallest absolute Gasteiger partial charge is 0.232 e. The lowest BCUT2D eigenvalue weighted by Gasteiger charge is -2.37. The topological polar surface area (TPSA) is 56.7 Å². The molecule has 1 aromatic rings. The van der Waals surface area contributed by atoms with E-state index >= 15 is 0 Å². The van der Waals surface area contributed by atoms with Crippen LogP contribution in [0.4, 0.5) is 5.95 Å². The highest BCUT2D eigenvalue weighted by Crippen LogP contribution is 2.24. The molecule has 2 atom stereocenters. The summed E-state index contributed by atoms with van der Waals surface area (Å²) in [4.78, 5) is 10.8. The monoisotopic (exact) mass is 287 g/mol. The highest BCUT2D eigenvalue weighted by atomic mass is 35.5. The highest BCUT2D eigenvalue weighted by molar-refractivity contribution is 6.18. The maximum absolute atomic E-state index is 5.86. The van der Waals surface area contributed by atoms with Crippen LogP contribution >= 0.6 is 11.6 Å². The van der Waals surface area contributed by atoms with Gasteiger partial charge >= 0.3 is 0 Å². The summed E-state index contributed by atoms with van der Waals surface area (Å²) in [6.07, 6.45) is -0.0151. The van der Waals surface area contributed by atoms with Crippen molar-refractivity contribution in [3.8, 4) is 11.8 Å². The molecule has 0 saturated carbocycles. The Labute approximate surface area is 117 Å². The zero-order valence-corrected chi connectivity index (χ0v) is 12.1. The Kier molecular flexibility index (Phi) is 4.66. The number of rotatable bonds is 4. The molecular weight excluding hydrogens is 270 g/mol. The lowest BCUT2D eigenvalue weighted by Crippen LogP contribution is -2.49. The predicted molar refractivity (Wildman–Crippen MR) is 72.4 cm³/mol. The maximum Gasteiger partial charge on any atom is 0.232 e. The van der Waals surface area contributed by atoms with Crippen LogP contribution in [0.3, 0.4) is 0 Å². The average Bonchev–Trinajstić information content (AvgIpc) is 2.47. The number of halogens is 1. The van der Waals surface area contributed by atoms with Crippen LogP contribution in [-0.2, 0) is 4.74 Å². The number of morpholine rings is 1. The van der Waals surface area contributed by atoms with Crippen LogP contribution in [0.15, 0.2) is 6.07 Å². The first kappa shape index (κ1) is 14.1. The molecule has 0 spiro atoms. The van der Waals surface area contributed by atoms with Gasteiger partial charge in [-0.05, 0) is 6.92 Å². The van der Waals surface area contributed by atoms with Gasteiger partial charge in [-0.2, -0.15) is 9.97 Å². The summed E-state index contributed by atoms with van der Waals surface area (Å²) >= 11 is 5.86. The number of nitrogens with zero attached hydrogens (tertiary/aromatic N) is 3. The van der Waals surface area contributed by atoms with Crippen LogP contribution in [-0.4, -0.2) is 55.4 Å². The average molecular weight is 288 g/mol. The van der Waals surface area contributed by atoms with Crippen LogP contribution in [0.5, 0.6) is 11.8 Å². The molecule has 7 heteroatoms. The number of hydrogen-bond acceptors (Lipinski definition) is 6. The molecule has 0 N–H and O–H groups in total. The van der Waals surface area contributed by atoms with Crippen LogP contribution < -0.4 is 14.4 Å². The summed E-state index contributed by atoms with van der Waals surface area (Å²) in [7, 11) is 3.13. The van der Waals surface area contributed by atoms with Crippen molar-refractivity contribution >= 4 is 17.5 Å². The van der Waals surface area contributed by atoms with E-state index in [9.17, 15) is 0 Å². The maximum atomic E-state index is 5.86. The molecule has 2 rings (SSSR count). The first-order chi connectivity index (χ1) is 9.17. The second kappa shape index (κ2) is 6.25. The molecule has 19 heavy (non-hydrogen) atoms. The molecule has 1 aromatic heterocycles. The minimum Gasteiger partial charge on any atom is -0.481 e. The van der Waals surface area contributed by atoms with E-state index in [1.165, 1.54) is 0 Å². The lowest BCUT2D eigenvalue weighted by molar-refractivity contribution is 0.0357. The molecule has 0 radical (unpaired) electrons. The van der Waals surface area contributed by atoms with E-state index in [1.807, 2.05) is 0 Å². The van der Waals surface area contributed by atoms with Gasteiger partial charge in [0.2, 0.25) is 17.7 Å². The molecule has 2 unspecified atom stereocenters. The van der Waals surface area contributed by atoms with Gasteiger partial charge in [-0.1, -0.05) is 0 Å². The minimum atomic E-state index is -0.0151. The zero-order chi connectivity index (χ0) is 13.8. The van der Waals surface area contributed by atoms with Gasteiger partial charge in [0.15, 0.2) is 0 Å². The fraction of sp³-hybridized carbons (Fsp3) is 0.667. The first-order valence-electron chi connectivity index (χ1n) is 6.09. The number of anilines is 1. The number of hydrogen-bond donors (Lipinski definition) is 0. The highest BCUT2D eigenvalue weighted by Gasteiger charge is 2.28. The third-order valence-corrected chi connectivity index (χ3v) is 3.36. The molecular formula is C12H18ClN3O3. The summed E-state index contributed by atoms with van der Waals surface area (Å²) in [5.41, 5.74) is 0. The van der Waals surface area contributed by atoms with Crippen LogP contribution in [0, 0.1) is 0 Å². The number of aromatic nitrogens is 2. The molecule has 1 aliphatic rings. The molecule has 1 saturated heterocycles. The number of ether oxygens (including phenoxy) is 3. The summed E-state index contributed by atoms with van der Waals surface area (Å²) in [6.45, 7) is 3.31. The largest absolute Gasteiger partial charge is 0.481 e. The van der Waals surface area contributed by atoms with Crippen molar-refractivity contribution in [2.45, 2.75) is 19.1 Å². The van der Waals surface area contributed by atoms with E-state index in [-0.39, 0.29) is 12.1 Å². The van der Waals surface area contributed by atoms with E-state index in [4.69, 9.17) is 25.8 Å². The molecule has 1 fully saturated rings. The Morgan fingerprint density at radius 1 is 1.37 bits per heavy atom. The van der Waals surface area contributed by atoms with E-state index in [0.29, 0.717) is 36.7 Å². The quantitative estimate of drug-likeness (QED) is 0.779. The Bertz CT molecular complexity index is 410. The predicted octanol–water partition coefficient (Wildman–Crippen LogP) is 1.33. The van der Waals surface area contributed by atoms with Crippen molar-refractivity contribution in [2.24, 2.45) is 0 Å². The van der Waals surface area contributed by atoms with E-state index in [2.05, 4.69) is 21.8 Å². The van der Waals surface area contributed by atoms with Gasteiger partial charge in [0.05, 0.1) is 44.9 Å². The van der Waals surface area contributed by atoms with Crippen LogP contribution in [0.25, 0.3) is 0 Å². The van der Waals surface area contributed by atoms with E-state index in [0.717, 1.165) is 0 Å². The summed E-state index contributed by atoms with van der Waals surface area (Å²) in [5.74, 6) is 1.97. The van der Waals surface area contributed by atoms with Gasteiger partial charge in [0.25, 0.3) is 0 Å². The number of alkyl halides is 1. The summed E-state index contributed by atoms with van der Waals surface area (Å²) in [6, 6.07) is 1.82. The van der Waals surface area contributed by atoms with Gasteiger partial charge in [-0.3, -0.25) is 0 Å². The molecule has 6 nitrogen and oxygen atoms in total. The molecule has 106 valence electrons. The lowest BCUT2D eigenvalue weighted by atomic mass is 10.2. The number of methoxy groups -OCH3 is 2. The summed E-state index contributed by atoms with van der Waals surface area (Å²) in [5, 5.41) is 0. The third kappa shape index (κ3) is 3.19. The fourth-order valence-corrected chi connectivity index (χ4v) is 2.11. The van der Waals surface area contributed by atoms with Gasteiger partial charge < -0.3 is 19.1 Å². The second-order valence-corrected chi connectivity index (χ2v) is 4.67. The molecule has 0 aromatic carbocycles. The Balaban J connectivity index is 2.27. The van der Waals surface area contributed by atoms with Crippen molar-refractivity contribution in [2.75, 3.05) is 38.2 Å². The van der Waals surface area contributed by atoms with Crippen molar-refractivity contribution in [3.05, 3.63) is 6.07 Å². The second-order valence-electron chi connectivity index (χ2n) is 4.36. The van der Waals surface area contributed by atoms with E-state index < -0.39 is 0 Å². The molecule has 0 aliphatic carbocycles.